The molecule has 0 aromatic rings. The molecule has 1 saturated heterocycles. The van der Waals surface area contributed by atoms with Crippen LogP contribution in [0.25, 0.3) is 0 Å². The van der Waals surface area contributed by atoms with Gasteiger partial charge in [-0.25, -0.2) is 0 Å². The van der Waals surface area contributed by atoms with Crippen LogP contribution in [0.4, 0.5) is 0 Å². The molecule has 1 aliphatic rings. The van der Waals surface area contributed by atoms with Crippen molar-refractivity contribution in [3.05, 3.63) is 0 Å². The lowest BCUT2D eigenvalue weighted by molar-refractivity contribution is -0.107. The zero-order chi connectivity index (χ0) is 7.23. The van der Waals surface area contributed by atoms with Crippen molar-refractivity contribution >= 4 is 29.8 Å². The maximum absolute atomic E-state index is 10.0. The molecule has 0 spiro atoms. The number of carbonyl (C=O) groups excluding carboxylic acids is 1. The van der Waals surface area contributed by atoms with Gasteiger partial charge in [0.05, 0.1) is 0 Å². The van der Waals surface area contributed by atoms with Crippen molar-refractivity contribution in [1.29, 1.82) is 0 Å². The second-order valence-corrected chi connectivity index (χ2v) is 4.87. The maximum atomic E-state index is 10.0. The van der Waals surface area contributed by atoms with Gasteiger partial charge in [0.25, 0.3) is 0 Å². The predicted molar refractivity (Wildman–Crippen MR) is 48.9 cm³/mol. The van der Waals surface area contributed by atoms with E-state index in [9.17, 15) is 4.79 Å². The molecular weight excluding hydrogens is 164 g/mol. The zero-order valence-electron chi connectivity index (χ0n) is 5.91. The van der Waals surface area contributed by atoms with E-state index in [1.54, 1.807) is 0 Å². The van der Waals surface area contributed by atoms with Crippen molar-refractivity contribution in [2.24, 2.45) is 0 Å². The number of aldehydes is 1. The number of hydrogen-bond acceptors (Lipinski definition) is 3. The zero-order valence-corrected chi connectivity index (χ0v) is 7.55. The Balaban J connectivity index is 2.07. The fraction of sp³-hybridized carbons (Fsp3) is 0.857. The van der Waals surface area contributed by atoms with E-state index in [1.807, 2.05) is 23.5 Å². The Morgan fingerprint density at radius 2 is 2.40 bits per heavy atom. The first-order chi connectivity index (χ1) is 4.93. The molecule has 1 fully saturated rings. The van der Waals surface area contributed by atoms with Crippen molar-refractivity contribution in [2.75, 3.05) is 17.3 Å². The summed E-state index contributed by atoms with van der Waals surface area (Å²) in [4.78, 5) is 10.0. The van der Waals surface area contributed by atoms with E-state index in [1.165, 1.54) is 17.3 Å². The van der Waals surface area contributed by atoms with Crippen molar-refractivity contribution in [2.45, 2.75) is 18.1 Å². The van der Waals surface area contributed by atoms with Crippen LogP contribution in [0.3, 0.4) is 0 Å². The highest BCUT2D eigenvalue weighted by Crippen LogP contribution is 2.26. The molecule has 58 valence electrons. The Labute approximate surface area is 70.3 Å². The third-order valence-corrected chi connectivity index (χ3v) is 4.41. The highest BCUT2D eigenvalue weighted by atomic mass is 32.2. The van der Waals surface area contributed by atoms with Crippen LogP contribution in [-0.2, 0) is 4.79 Å². The molecule has 1 atom stereocenters. The minimum Gasteiger partial charge on any atom is -0.303 e. The molecule has 1 nitrogen and oxygen atoms in total. The standard InChI is InChI=1S/C7H12OS2/c8-3-1-2-7-6-9-4-5-10-7/h3,7H,1-2,4-6H2. The number of carbonyl (C=O) groups is 1. The van der Waals surface area contributed by atoms with Gasteiger partial charge in [0.1, 0.15) is 6.29 Å². The van der Waals surface area contributed by atoms with Gasteiger partial charge < -0.3 is 4.79 Å². The molecule has 0 bridgehead atoms. The fourth-order valence-corrected chi connectivity index (χ4v) is 3.72. The molecule has 3 heteroatoms. The Morgan fingerprint density at radius 3 is 3.00 bits per heavy atom. The molecule has 0 saturated carbocycles. The first kappa shape index (κ1) is 8.47. The van der Waals surface area contributed by atoms with E-state index in [4.69, 9.17) is 0 Å². The van der Waals surface area contributed by atoms with E-state index in [0.717, 1.165) is 24.4 Å². The summed E-state index contributed by atoms with van der Waals surface area (Å²) in [6, 6.07) is 0. The molecule has 0 aliphatic carbocycles. The van der Waals surface area contributed by atoms with Gasteiger partial charge in [0.2, 0.25) is 0 Å². The van der Waals surface area contributed by atoms with Gasteiger partial charge in [-0.2, -0.15) is 23.5 Å². The fourth-order valence-electron chi connectivity index (χ4n) is 0.957. The molecule has 1 rings (SSSR count). The van der Waals surface area contributed by atoms with Crippen LogP contribution >= 0.6 is 23.5 Å². The highest BCUT2D eigenvalue weighted by Gasteiger charge is 2.12. The van der Waals surface area contributed by atoms with Crippen LogP contribution in [0.15, 0.2) is 0 Å². The summed E-state index contributed by atoms with van der Waals surface area (Å²) < 4.78 is 0. The van der Waals surface area contributed by atoms with Gasteiger partial charge >= 0.3 is 0 Å². The lowest BCUT2D eigenvalue weighted by Gasteiger charge is -2.19. The lowest BCUT2D eigenvalue weighted by atomic mass is 10.3. The van der Waals surface area contributed by atoms with E-state index < -0.39 is 0 Å². The van der Waals surface area contributed by atoms with Crippen LogP contribution in [0.1, 0.15) is 12.8 Å². The number of rotatable bonds is 3. The van der Waals surface area contributed by atoms with Gasteiger partial charge in [0.15, 0.2) is 0 Å². The van der Waals surface area contributed by atoms with Gasteiger partial charge in [0, 0.05) is 28.9 Å². The second kappa shape index (κ2) is 5.08. The first-order valence-electron chi connectivity index (χ1n) is 3.56. The molecule has 1 unspecified atom stereocenters. The molecule has 0 aromatic heterocycles. The van der Waals surface area contributed by atoms with Crippen molar-refractivity contribution in [1.82, 2.24) is 0 Å². The summed E-state index contributed by atoms with van der Waals surface area (Å²) >= 11 is 4.04. The molecule has 1 aliphatic heterocycles. The maximum Gasteiger partial charge on any atom is 0.120 e. The van der Waals surface area contributed by atoms with Gasteiger partial charge in [-0.15, -0.1) is 0 Å². The molecule has 0 radical (unpaired) electrons. The van der Waals surface area contributed by atoms with Crippen molar-refractivity contribution in [3.63, 3.8) is 0 Å². The third-order valence-electron chi connectivity index (χ3n) is 1.49. The van der Waals surface area contributed by atoms with Crippen LogP contribution in [-0.4, -0.2) is 28.8 Å². The lowest BCUT2D eigenvalue weighted by Crippen LogP contribution is -2.13. The average molecular weight is 176 g/mol. The summed E-state index contributed by atoms with van der Waals surface area (Å²) in [5.74, 6) is 3.81. The SMILES string of the molecule is O=CCCC1CSCCS1. The molecule has 1 heterocycles. The van der Waals surface area contributed by atoms with Gasteiger partial charge in [-0.3, -0.25) is 0 Å². The highest BCUT2D eigenvalue weighted by molar-refractivity contribution is 8.06. The number of hydrogen-bond donors (Lipinski definition) is 0. The van der Waals surface area contributed by atoms with Gasteiger partial charge in [-0.1, -0.05) is 0 Å². The summed E-state index contributed by atoms with van der Waals surface area (Å²) in [5, 5.41) is 0.754. The summed E-state index contributed by atoms with van der Waals surface area (Å²) in [6.07, 6.45) is 2.86. The van der Waals surface area contributed by atoms with Gasteiger partial charge in [-0.05, 0) is 6.42 Å². The van der Waals surface area contributed by atoms with Crippen LogP contribution in [0.5, 0.6) is 0 Å². The van der Waals surface area contributed by atoms with E-state index in [2.05, 4.69) is 0 Å². The Kier molecular flexibility index (Phi) is 4.30. The Hall–Kier alpha value is 0.370. The molecule has 0 amide bonds. The molecular formula is C7H12OS2. The van der Waals surface area contributed by atoms with E-state index in [0.29, 0.717) is 0 Å². The largest absolute Gasteiger partial charge is 0.303 e. The van der Waals surface area contributed by atoms with Crippen LogP contribution < -0.4 is 0 Å². The monoisotopic (exact) mass is 176 g/mol. The smallest absolute Gasteiger partial charge is 0.120 e. The quantitative estimate of drug-likeness (QED) is 0.611. The summed E-state index contributed by atoms with van der Waals surface area (Å²) in [7, 11) is 0. The summed E-state index contributed by atoms with van der Waals surface area (Å²) in [6.45, 7) is 0. The van der Waals surface area contributed by atoms with E-state index in [-0.39, 0.29) is 0 Å². The Bertz CT molecular complexity index is 99.8. The molecule has 10 heavy (non-hydrogen) atoms. The first-order valence-corrected chi connectivity index (χ1v) is 5.77. The number of thioether (sulfide) groups is 2. The molecule has 0 aromatic carbocycles. The minimum absolute atomic E-state index is 0.748. The Morgan fingerprint density at radius 1 is 1.50 bits per heavy atom. The second-order valence-electron chi connectivity index (χ2n) is 2.31. The predicted octanol–water partition coefficient (Wildman–Crippen LogP) is 1.81. The third kappa shape index (κ3) is 2.97. The minimum atomic E-state index is 0.748. The van der Waals surface area contributed by atoms with E-state index >= 15 is 0 Å². The van der Waals surface area contributed by atoms with Crippen molar-refractivity contribution < 1.29 is 4.79 Å². The molecule has 0 N–H and O–H groups in total. The summed E-state index contributed by atoms with van der Waals surface area (Å²) in [5.41, 5.74) is 0. The van der Waals surface area contributed by atoms with Crippen molar-refractivity contribution in [3.8, 4) is 0 Å². The average Bonchev–Trinajstić information content (AvgIpc) is 2.03. The van der Waals surface area contributed by atoms with Crippen LogP contribution in [0.2, 0.25) is 0 Å². The normalized spacial score (nSPS) is 26.2. The topological polar surface area (TPSA) is 17.1 Å². The van der Waals surface area contributed by atoms with Crippen LogP contribution in [0, 0.1) is 0 Å².